The Morgan fingerprint density at radius 1 is 1.52 bits per heavy atom. The number of aromatic nitrogens is 4. The minimum absolute atomic E-state index is 0.0296. The number of imidazole rings is 1. The Labute approximate surface area is 143 Å². The molecule has 138 valence electrons. The number of hydrogen-bond donors (Lipinski definition) is 5. The van der Waals surface area contributed by atoms with Crippen molar-refractivity contribution < 1.29 is 33.6 Å². The van der Waals surface area contributed by atoms with Gasteiger partial charge in [0.1, 0.15) is 12.2 Å². The molecule has 1 fully saturated rings. The second-order valence-corrected chi connectivity index (χ2v) is 7.76. The quantitative estimate of drug-likeness (QED) is 0.369. The minimum atomic E-state index is -4.20. The van der Waals surface area contributed by atoms with Crippen molar-refractivity contribution in [3.05, 3.63) is 16.7 Å². The van der Waals surface area contributed by atoms with Crippen LogP contribution in [0.25, 0.3) is 11.2 Å². The van der Waals surface area contributed by atoms with Crippen LogP contribution in [-0.4, -0.2) is 59.3 Å². The Bertz CT molecular complexity index is 886. The molecule has 0 amide bonds. The van der Waals surface area contributed by atoms with Gasteiger partial charge < -0.3 is 25.4 Å². The van der Waals surface area contributed by atoms with Crippen LogP contribution in [0.5, 0.6) is 0 Å². The standard InChI is InChI=1S/C10H13FN5O7PS/c11-22-6-5(23-24(19,20)25)3(1-17)21-9(6)16-2-13-4-7(16)14-10(12)15-8(4)18/h2-3,5-6,9,17H,1H2,(H2,19,20,25)(H3,12,14,15,18)/t3-,5-,6-,9-/m1/s1. The van der Waals surface area contributed by atoms with E-state index in [1.165, 1.54) is 0 Å². The van der Waals surface area contributed by atoms with E-state index < -0.39 is 43.4 Å². The largest absolute Gasteiger partial charge is 0.394 e. The summed E-state index contributed by atoms with van der Waals surface area (Å²) in [5.74, 6) is -0.206. The molecule has 15 heteroatoms. The number of nitrogens with one attached hydrogen (secondary N) is 1. The van der Waals surface area contributed by atoms with Crippen molar-refractivity contribution in [3.63, 3.8) is 0 Å². The van der Waals surface area contributed by atoms with Crippen LogP contribution in [-0.2, 0) is 26.0 Å². The van der Waals surface area contributed by atoms with Crippen LogP contribution in [0.1, 0.15) is 6.23 Å². The Morgan fingerprint density at radius 3 is 2.84 bits per heavy atom. The van der Waals surface area contributed by atoms with Crippen LogP contribution in [0.15, 0.2) is 11.1 Å². The fourth-order valence-corrected chi connectivity index (χ4v) is 3.46. The van der Waals surface area contributed by atoms with Crippen molar-refractivity contribution in [2.75, 3.05) is 12.3 Å². The maximum Gasteiger partial charge on any atom is 0.322 e. The molecule has 0 radical (unpaired) electrons. The highest BCUT2D eigenvalue weighted by molar-refractivity contribution is 8.06. The molecule has 0 saturated carbocycles. The monoisotopic (exact) mass is 397 g/mol. The zero-order valence-corrected chi connectivity index (χ0v) is 13.9. The Morgan fingerprint density at radius 2 is 2.24 bits per heavy atom. The molecule has 0 aromatic carbocycles. The molecule has 2 aromatic rings. The smallest absolute Gasteiger partial charge is 0.322 e. The number of H-pyrrole nitrogens is 1. The first-order valence-corrected chi connectivity index (χ1v) is 9.37. The van der Waals surface area contributed by atoms with Gasteiger partial charge in [-0.3, -0.25) is 18.9 Å². The number of nitrogens with two attached hydrogens (primary N) is 1. The molecule has 1 aliphatic heterocycles. The molecule has 3 heterocycles. The molecule has 0 aliphatic carbocycles. The molecule has 0 unspecified atom stereocenters. The van der Waals surface area contributed by atoms with Gasteiger partial charge in [0.2, 0.25) is 5.95 Å². The maximum atomic E-state index is 13.2. The lowest BCUT2D eigenvalue weighted by molar-refractivity contribution is -0.218. The summed E-state index contributed by atoms with van der Waals surface area (Å²) >= 11 is 4.36. The first kappa shape index (κ1) is 18.3. The molecule has 6 N–H and O–H groups in total. The predicted molar refractivity (Wildman–Crippen MR) is 83.1 cm³/mol. The Hall–Kier alpha value is -1.51. The van der Waals surface area contributed by atoms with E-state index in [1.807, 2.05) is 0 Å². The van der Waals surface area contributed by atoms with Crippen LogP contribution in [0, 0.1) is 0 Å². The van der Waals surface area contributed by atoms with Crippen molar-refractivity contribution in [1.29, 1.82) is 0 Å². The number of halogens is 1. The second kappa shape index (κ2) is 6.66. The average molecular weight is 397 g/mol. The summed E-state index contributed by atoms with van der Waals surface area (Å²) in [6, 6.07) is 0. The van der Waals surface area contributed by atoms with Gasteiger partial charge in [-0.05, 0) is 16.3 Å². The number of aliphatic hydroxyl groups excluding tert-OH is 1. The summed E-state index contributed by atoms with van der Waals surface area (Å²) in [6.07, 6.45) is -4.35. The normalized spacial score (nSPS) is 27.2. The van der Waals surface area contributed by atoms with Crippen molar-refractivity contribution in [1.82, 2.24) is 19.5 Å². The molecular formula is C10H13FN5O7PS. The minimum Gasteiger partial charge on any atom is -0.394 e. The fraction of sp³-hybridized carbons (Fsp3) is 0.500. The van der Waals surface area contributed by atoms with E-state index in [2.05, 4.69) is 31.7 Å². The molecule has 4 atom stereocenters. The Balaban J connectivity index is 2.05. The second-order valence-electron chi connectivity index (χ2n) is 5.14. The van der Waals surface area contributed by atoms with E-state index in [1.54, 1.807) is 0 Å². The van der Waals surface area contributed by atoms with E-state index in [-0.39, 0.29) is 17.1 Å². The van der Waals surface area contributed by atoms with Crippen molar-refractivity contribution in [2.24, 2.45) is 0 Å². The van der Waals surface area contributed by atoms with Gasteiger partial charge in [-0.15, -0.1) is 0 Å². The number of nitrogens with zero attached hydrogens (tertiary/aromatic N) is 3. The number of anilines is 1. The number of hydrogen-bond acceptors (Lipinski definition) is 9. The first-order valence-electron chi connectivity index (χ1n) is 6.75. The van der Waals surface area contributed by atoms with Gasteiger partial charge in [0.15, 0.2) is 23.5 Å². The lowest BCUT2D eigenvalue weighted by Gasteiger charge is -2.22. The molecule has 25 heavy (non-hydrogen) atoms. The highest BCUT2D eigenvalue weighted by atomic mass is 32.5. The van der Waals surface area contributed by atoms with Gasteiger partial charge in [-0.25, -0.2) is 4.98 Å². The van der Waals surface area contributed by atoms with Crippen LogP contribution in [0.2, 0.25) is 0 Å². The predicted octanol–water partition coefficient (Wildman–Crippen LogP) is -1.54. The molecule has 1 saturated heterocycles. The molecule has 0 bridgehead atoms. The van der Waals surface area contributed by atoms with E-state index >= 15 is 0 Å². The highest BCUT2D eigenvalue weighted by Crippen LogP contribution is 2.45. The van der Waals surface area contributed by atoms with Gasteiger partial charge in [-0.2, -0.15) is 9.93 Å². The topological polar surface area (TPSA) is 178 Å². The van der Waals surface area contributed by atoms with E-state index in [0.717, 1.165) is 10.9 Å². The van der Waals surface area contributed by atoms with Crippen LogP contribution in [0.4, 0.5) is 10.5 Å². The molecule has 3 rings (SSSR count). The first-order chi connectivity index (χ1) is 11.7. The summed E-state index contributed by atoms with van der Waals surface area (Å²) < 4.78 is 24.6. The summed E-state index contributed by atoms with van der Waals surface area (Å²) in [6.45, 7) is -4.86. The van der Waals surface area contributed by atoms with Gasteiger partial charge >= 0.3 is 6.72 Å². The molecular weight excluding hydrogens is 384 g/mol. The maximum absolute atomic E-state index is 13.2. The van der Waals surface area contributed by atoms with E-state index in [9.17, 15) is 24.2 Å². The third-order valence-corrected chi connectivity index (χ3v) is 4.33. The number of aromatic amines is 1. The van der Waals surface area contributed by atoms with Gasteiger partial charge in [0, 0.05) is 0 Å². The van der Waals surface area contributed by atoms with Crippen LogP contribution >= 0.6 is 6.72 Å². The van der Waals surface area contributed by atoms with Gasteiger partial charge in [-0.1, -0.05) is 0 Å². The summed E-state index contributed by atoms with van der Waals surface area (Å²) in [5, 5.41) is 9.38. The van der Waals surface area contributed by atoms with Crippen molar-refractivity contribution in [2.45, 2.75) is 24.5 Å². The van der Waals surface area contributed by atoms with Gasteiger partial charge in [0.05, 0.1) is 12.9 Å². The number of nitrogen functional groups attached to an aromatic ring is 1. The molecule has 1 aliphatic rings. The van der Waals surface area contributed by atoms with Crippen molar-refractivity contribution in [3.8, 4) is 0 Å². The summed E-state index contributed by atoms with van der Waals surface area (Å²) in [4.78, 5) is 44.3. The molecule has 0 spiro atoms. The number of aliphatic hydroxyl groups is 1. The van der Waals surface area contributed by atoms with Crippen LogP contribution in [0.3, 0.4) is 0 Å². The summed E-state index contributed by atoms with van der Waals surface area (Å²) in [5.41, 5.74) is 4.75. The SMILES string of the molecule is Nc1nc2c(ncn2[C@@H]2O[C@H](CO)[C@@H](OP(O)(O)=S)[C@H]2OF)c(=O)[nH]1. The average Bonchev–Trinajstić information content (AvgIpc) is 3.06. The van der Waals surface area contributed by atoms with E-state index in [0.29, 0.717) is 0 Å². The fourth-order valence-electron chi connectivity index (χ4n) is 2.59. The lowest BCUT2D eigenvalue weighted by atomic mass is 10.1. The third kappa shape index (κ3) is 3.43. The molecule has 2 aromatic heterocycles. The lowest BCUT2D eigenvalue weighted by Crippen LogP contribution is -2.36. The highest BCUT2D eigenvalue weighted by Gasteiger charge is 2.50. The number of ether oxygens (including phenoxy) is 1. The van der Waals surface area contributed by atoms with Gasteiger partial charge in [0.25, 0.3) is 5.56 Å². The third-order valence-electron chi connectivity index (χ3n) is 3.55. The van der Waals surface area contributed by atoms with Crippen molar-refractivity contribution >= 4 is 35.6 Å². The van der Waals surface area contributed by atoms with Crippen LogP contribution < -0.4 is 11.3 Å². The number of fused-ring (bicyclic) bond motifs is 1. The molecule has 12 nitrogen and oxygen atoms in total. The zero-order valence-electron chi connectivity index (χ0n) is 12.2. The zero-order chi connectivity index (χ0) is 18.4. The summed E-state index contributed by atoms with van der Waals surface area (Å²) in [7, 11) is 0. The van der Waals surface area contributed by atoms with E-state index in [4.69, 9.17) is 15.0 Å². The Kier molecular flexibility index (Phi) is 4.87. The number of rotatable bonds is 5.